The molecule has 1 rings (SSSR count). The van der Waals surface area contributed by atoms with Crippen molar-refractivity contribution in [2.75, 3.05) is 32.1 Å². The lowest BCUT2D eigenvalue weighted by Crippen LogP contribution is -2.40. The normalized spacial score (nSPS) is 14.5. The van der Waals surface area contributed by atoms with Crippen molar-refractivity contribution in [1.29, 1.82) is 0 Å². The minimum atomic E-state index is -0.567. The first-order valence-corrected chi connectivity index (χ1v) is 6.77. The Hall–Kier alpha value is -1.10. The second-order valence-electron chi connectivity index (χ2n) is 5.38. The lowest BCUT2D eigenvalue weighted by atomic mass is 9.93. The van der Waals surface area contributed by atoms with Gasteiger partial charge in [-0.05, 0) is 23.6 Å². The lowest BCUT2D eigenvalue weighted by Gasteiger charge is -2.28. The van der Waals surface area contributed by atoms with E-state index in [2.05, 4.69) is 19.2 Å². The summed E-state index contributed by atoms with van der Waals surface area (Å²) in [5.74, 6) is 0.287. The molecule has 1 aromatic rings. The number of nitrogens with zero attached hydrogens (tertiary/aromatic N) is 1. The quantitative estimate of drug-likeness (QED) is 0.698. The van der Waals surface area contributed by atoms with Crippen LogP contribution in [-0.2, 0) is 0 Å². The van der Waals surface area contributed by atoms with Crippen LogP contribution in [-0.4, -0.2) is 43.5 Å². The second-order valence-corrected chi connectivity index (χ2v) is 5.38. The highest BCUT2D eigenvalue weighted by Crippen LogP contribution is 2.23. The van der Waals surface area contributed by atoms with Crippen molar-refractivity contribution in [3.05, 3.63) is 29.8 Å². The van der Waals surface area contributed by atoms with Gasteiger partial charge >= 0.3 is 0 Å². The Balaban J connectivity index is 2.80. The average Bonchev–Trinajstić information content (AvgIpc) is 2.38. The van der Waals surface area contributed by atoms with E-state index in [4.69, 9.17) is 5.11 Å². The largest absolute Gasteiger partial charge is 0.395 e. The third-order valence-electron chi connectivity index (χ3n) is 3.30. The van der Waals surface area contributed by atoms with E-state index in [1.165, 1.54) is 0 Å². The van der Waals surface area contributed by atoms with Crippen molar-refractivity contribution >= 4 is 5.69 Å². The van der Waals surface area contributed by atoms with E-state index in [-0.39, 0.29) is 18.6 Å². The molecule has 1 aromatic carbocycles. The zero-order chi connectivity index (χ0) is 14.4. The van der Waals surface area contributed by atoms with Crippen LogP contribution in [0.4, 0.5) is 5.69 Å². The third kappa shape index (κ3) is 4.49. The molecule has 2 atom stereocenters. The van der Waals surface area contributed by atoms with Crippen molar-refractivity contribution in [3.63, 3.8) is 0 Å². The maximum atomic E-state index is 10.4. The Bertz CT molecular complexity index is 363. The monoisotopic (exact) mass is 266 g/mol. The molecule has 0 aliphatic carbocycles. The van der Waals surface area contributed by atoms with Crippen LogP contribution in [0.25, 0.3) is 0 Å². The molecule has 0 aliphatic heterocycles. The Kier molecular flexibility index (Phi) is 6.28. The van der Waals surface area contributed by atoms with Crippen LogP contribution in [0, 0.1) is 5.92 Å². The number of aliphatic hydroxyl groups excluding tert-OH is 2. The first-order chi connectivity index (χ1) is 8.97. The van der Waals surface area contributed by atoms with Gasteiger partial charge in [-0.25, -0.2) is 0 Å². The van der Waals surface area contributed by atoms with Crippen molar-refractivity contribution in [3.8, 4) is 0 Å². The van der Waals surface area contributed by atoms with E-state index < -0.39 is 6.10 Å². The number of nitrogens with one attached hydrogen (secondary N) is 1. The number of hydrogen-bond donors (Lipinski definition) is 3. The number of rotatable bonds is 7. The number of hydrogen-bond acceptors (Lipinski definition) is 4. The van der Waals surface area contributed by atoms with Gasteiger partial charge in [0, 0.05) is 32.4 Å². The van der Waals surface area contributed by atoms with E-state index in [1.807, 2.05) is 43.3 Å². The molecule has 0 saturated carbocycles. The molecule has 0 spiro atoms. The minimum absolute atomic E-state index is 0.0580. The fraction of sp³-hybridized carbons (Fsp3) is 0.600. The highest BCUT2D eigenvalue weighted by Gasteiger charge is 2.23. The van der Waals surface area contributed by atoms with E-state index >= 15 is 0 Å². The predicted octanol–water partition coefficient (Wildman–Crippen LogP) is 1.39. The van der Waals surface area contributed by atoms with Crippen molar-refractivity contribution < 1.29 is 10.2 Å². The minimum Gasteiger partial charge on any atom is -0.395 e. The van der Waals surface area contributed by atoms with E-state index in [0.29, 0.717) is 6.54 Å². The maximum Gasteiger partial charge on any atom is 0.0945 e. The molecule has 19 heavy (non-hydrogen) atoms. The van der Waals surface area contributed by atoms with Crippen molar-refractivity contribution in [2.45, 2.75) is 26.0 Å². The summed E-state index contributed by atoms with van der Waals surface area (Å²) in [4.78, 5) is 2.03. The van der Waals surface area contributed by atoms with Crippen LogP contribution in [0.5, 0.6) is 0 Å². The molecule has 2 unspecified atom stereocenters. The second kappa shape index (κ2) is 7.48. The van der Waals surface area contributed by atoms with Gasteiger partial charge in [-0.1, -0.05) is 26.0 Å². The Morgan fingerprint density at radius 1 is 1.16 bits per heavy atom. The molecule has 0 amide bonds. The third-order valence-corrected chi connectivity index (χ3v) is 3.30. The van der Waals surface area contributed by atoms with Gasteiger partial charge in [0.05, 0.1) is 12.7 Å². The van der Waals surface area contributed by atoms with Gasteiger partial charge in [0.15, 0.2) is 0 Å². The summed E-state index contributed by atoms with van der Waals surface area (Å²) in [6.45, 7) is 4.70. The van der Waals surface area contributed by atoms with Crippen molar-refractivity contribution in [2.24, 2.45) is 5.92 Å². The molecule has 0 bridgehead atoms. The molecular weight excluding hydrogens is 240 g/mol. The summed E-state index contributed by atoms with van der Waals surface area (Å²) < 4.78 is 0. The van der Waals surface area contributed by atoms with Crippen LogP contribution in [0.1, 0.15) is 25.5 Å². The SMILES string of the molecule is CC(C)C(NCCO)C(O)c1ccc(N(C)C)cc1. The van der Waals surface area contributed by atoms with E-state index in [9.17, 15) is 5.11 Å². The predicted molar refractivity (Wildman–Crippen MR) is 79.4 cm³/mol. The molecule has 4 heteroatoms. The Labute approximate surface area is 116 Å². The standard InChI is InChI=1S/C15H26N2O2/c1-11(2)14(16-9-10-18)15(19)12-5-7-13(8-6-12)17(3)4/h5-8,11,14-16,18-19H,9-10H2,1-4H3. The summed E-state index contributed by atoms with van der Waals surface area (Å²) in [6.07, 6.45) is -0.567. The fourth-order valence-electron chi connectivity index (χ4n) is 2.12. The zero-order valence-corrected chi connectivity index (χ0v) is 12.3. The number of benzene rings is 1. The Morgan fingerprint density at radius 2 is 1.74 bits per heavy atom. The molecule has 0 saturated heterocycles. The van der Waals surface area contributed by atoms with Crippen molar-refractivity contribution in [1.82, 2.24) is 5.32 Å². The van der Waals surface area contributed by atoms with E-state index in [0.717, 1.165) is 11.3 Å². The highest BCUT2D eigenvalue weighted by atomic mass is 16.3. The van der Waals surface area contributed by atoms with Gasteiger partial charge < -0.3 is 20.4 Å². The lowest BCUT2D eigenvalue weighted by molar-refractivity contribution is 0.102. The van der Waals surface area contributed by atoms with Gasteiger partial charge in [0.1, 0.15) is 0 Å². The summed E-state index contributed by atoms with van der Waals surface area (Å²) in [5.41, 5.74) is 2.01. The summed E-state index contributed by atoms with van der Waals surface area (Å²) in [5, 5.41) is 22.5. The molecule has 0 radical (unpaired) electrons. The average molecular weight is 266 g/mol. The highest BCUT2D eigenvalue weighted by molar-refractivity contribution is 5.46. The summed E-state index contributed by atoms with van der Waals surface area (Å²) in [7, 11) is 3.98. The molecule has 0 heterocycles. The first kappa shape index (κ1) is 16.0. The molecule has 3 N–H and O–H groups in total. The van der Waals surface area contributed by atoms with Crippen LogP contribution in [0.15, 0.2) is 24.3 Å². The first-order valence-electron chi connectivity index (χ1n) is 6.77. The maximum absolute atomic E-state index is 10.4. The van der Waals surface area contributed by atoms with Crippen LogP contribution in [0.3, 0.4) is 0 Å². The smallest absolute Gasteiger partial charge is 0.0945 e. The molecule has 108 valence electrons. The number of aliphatic hydroxyl groups is 2. The molecule has 0 aliphatic rings. The van der Waals surface area contributed by atoms with Gasteiger partial charge in [0.2, 0.25) is 0 Å². The molecular formula is C15H26N2O2. The summed E-state index contributed by atoms with van der Waals surface area (Å²) >= 11 is 0. The topological polar surface area (TPSA) is 55.7 Å². The van der Waals surface area contributed by atoms with Gasteiger partial charge in [0.25, 0.3) is 0 Å². The number of anilines is 1. The summed E-state index contributed by atoms with van der Waals surface area (Å²) in [6, 6.07) is 7.85. The molecule has 4 nitrogen and oxygen atoms in total. The van der Waals surface area contributed by atoms with Crippen LogP contribution >= 0.6 is 0 Å². The molecule has 0 aromatic heterocycles. The van der Waals surface area contributed by atoms with Crippen LogP contribution < -0.4 is 10.2 Å². The van der Waals surface area contributed by atoms with Gasteiger partial charge in [-0.15, -0.1) is 0 Å². The zero-order valence-electron chi connectivity index (χ0n) is 12.3. The molecule has 0 fully saturated rings. The van der Waals surface area contributed by atoms with Crippen LogP contribution in [0.2, 0.25) is 0 Å². The Morgan fingerprint density at radius 3 is 2.16 bits per heavy atom. The van der Waals surface area contributed by atoms with Gasteiger partial charge in [-0.3, -0.25) is 0 Å². The van der Waals surface area contributed by atoms with E-state index in [1.54, 1.807) is 0 Å². The van der Waals surface area contributed by atoms with Gasteiger partial charge in [-0.2, -0.15) is 0 Å². The fourth-order valence-corrected chi connectivity index (χ4v) is 2.12.